The molecular formula is C39H77NO4. The smallest absolute Gasteiger partial charge is 0.306 e. The lowest BCUT2D eigenvalue weighted by Crippen LogP contribution is -2.20. The number of carbonyl (C=O) groups is 2. The van der Waals surface area contributed by atoms with Gasteiger partial charge in [-0.05, 0) is 77.9 Å². The Labute approximate surface area is 275 Å². The fourth-order valence-corrected chi connectivity index (χ4v) is 5.90. The van der Waals surface area contributed by atoms with E-state index in [4.69, 9.17) is 9.47 Å². The minimum atomic E-state index is -0.0166. The summed E-state index contributed by atoms with van der Waals surface area (Å²) in [5.74, 6) is 0.0177. The summed E-state index contributed by atoms with van der Waals surface area (Å²) in [5, 5.41) is 0. The maximum absolute atomic E-state index is 12.6. The summed E-state index contributed by atoms with van der Waals surface area (Å²) in [6, 6.07) is 0. The van der Waals surface area contributed by atoms with Crippen molar-refractivity contribution in [2.24, 2.45) is 0 Å². The Hall–Kier alpha value is -1.10. The van der Waals surface area contributed by atoms with E-state index in [1.54, 1.807) is 0 Å². The van der Waals surface area contributed by atoms with Crippen molar-refractivity contribution in [3.63, 3.8) is 0 Å². The molecule has 0 aliphatic carbocycles. The maximum Gasteiger partial charge on any atom is 0.306 e. The number of hydrogen-bond donors (Lipinski definition) is 0. The van der Waals surface area contributed by atoms with Gasteiger partial charge < -0.3 is 14.4 Å². The molecule has 0 aromatic heterocycles. The number of rotatable bonds is 35. The van der Waals surface area contributed by atoms with Gasteiger partial charge in [0.15, 0.2) is 0 Å². The van der Waals surface area contributed by atoms with E-state index < -0.39 is 0 Å². The number of carbonyl (C=O) groups excluding carboxylic acids is 2. The number of ether oxygens (including phenoxy) is 2. The van der Waals surface area contributed by atoms with Crippen molar-refractivity contribution in [3.05, 3.63) is 0 Å². The van der Waals surface area contributed by atoms with Crippen LogP contribution in [0.25, 0.3) is 0 Å². The third-order valence-electron chi connectivity index (χ3n) is 8.91. The highest BCUT2D eigenvalue weighted by Crippen LogP contribution is 2.18. The van der Waals surface area contributed by atoms with Crippen LogP contribution in [0.15, 0.2) is 0 Å². The van der Waals surface area contributed by atoms with Gasteiger partial charge in [-0.1, -0.05) is 136 Å². The van der Waals surface area contributed by atoms with E-state index in [0.717, 1.165) is 64.5 Å². The molecule has 0 amide bonds. The molecule has 1 unspecified atom stereocenters. The number of hydrogen-bond acceptors (Lipinski definition) is 5. The van der Waals surface area contributed by atoms with Gasteiger partial charge in [0.1, 0.15) is 6.10 Å². The van der Waals surface area contributed by atoms with Crippen molar-refractivity contribution in [1.82, 2.24) is 4.90 Å². The molecule has 5 nitrogen and oxygen atoms in total. The number of nitrogens with zero attached hydrogens (tertiary/aromatic N) is 1. The van der Waals surface area contributed by atoms with Crippen molar-refractivity contribution in [2.45, 2.75) is 213 Å². The summed E-state index contributed by atoms with van der Waals surface area (Å²) in [4.78, 5) is 26.8. The minimum absolute atomic E-state index is 0.0166. The van der Waals surface area contributed by atoms with Gasteiger partial charge in [0.05, 0.1) is 6.61 Å². The standard InChI is InChI=1S/C39H77NO4/c1-5-8-11-14-18-24-31-37(30-23-17-12-9-6-2)44-39(42)33-26-20-16-22-28-35-40(4)34-27-21-15-19-25-32-38(41)43-36-29-13-10-7-3/h37H,5-36H2,1-4H3. The van der Waals surface area contributed by atoms with Gasteiger partial charge in [0.2, 0.25) is 0 Å². The molecule has 0 aromatic rings. The molecule has 0 N–H and O–H groups in total. The first kappa shape index (κ1) is 42.9. The van der Waals surface area contributed by atoms with Crippen LogP contribution in [0.4, 0.5) is 0 Å². The Balaban J connectivity index is 3.76. The van der Waals surface area contributed by atoms with Crippen LogP contribution in [0.5, 0.6) is 0 Å². The highest BCUT2D eigenvalue weighted by Gasteiger charge is 2.14. The van der Waals surface area contributed by atoms with Crippen molar-refractivity contribution in [3.8, 4) is 0 Å². The molecule has 0 heterocycles. The first-order valence-corrected chi connectivity index (χ1v) is 19.6. The third-order valence-corrected chi connectivity index (χ3v) is 8.91. The lowest BCUT2D eigenvalue weighted by atomic mass is 10.0. The summed E-state index contributed by atoms with van der Waals surface area (Å²) in [6.45, 7) is 9.62. The van der Waals surface area contributed by atoms with E-state index in [0.29, 0.717) is 19.4 Å². The molecule has 0 aromatic carbocycles. The first-order chi connectivity index (χ1) is 21.5. The maximum atomic E-state index is 12.6. The molecule has 262 valence electrons. The lowest BCUT2D eigenvalue weighted by molar-refractivity contribution is -0.150. The molecule has 5 heteroatoms. The molecular weight excluding hydrogens is 546 g/mol. The van der Waals surface area contributed by atoms with Crippen LogP contribution in [-0.2, 0) is 19.1 Å². The predicted molar refractivity (Wildman–Crippen MR) is 189 cm³/mol. The molecule has 0 bridgehead atoms. The van der Waals surface area contributed by atoms with Crippen molar-refractivity contribution >= 4 is 11.9 Å². The Morgan fingerprint density at radius 3 is 1.36 bits per heavy atom. The third kappa shape index (κ3) is 32.3. The van der Waals surface area contributed by atoms with Gasteiger partial charge in [0.25, 0.3) is 0 Å². The molecule has 0 fully saturated rings. The van der Waals surface area contributed by atoms with E-state index in [1.165, 1.54) is 122 Å². The van der Waals surface area contributed by atoms with Gasteiger partial charge in [-0.2, -0.15) is 0 Å². The fourth-order valence-electron chi connectivity index (χ4n) is 5.90. The SMILES string of the molecule is CCCCCCCCC(CCCCCCC)OC(=O)CCCCCCCN(C)CCCCCCCC(=O)OCCCCCC. The van der Waals surface area contributed by atoms with Gasteiger partial charge in [0, 0.05) is 12.8 Å². The summed E-state index contributed by atoms with van der Waals surface area (Å²) in [6.07, 6.45) is 33.7. The van der Waals surface area contributed by atoms with E-state index in [2.05, 4.69) is 32.7 Å². The summed E-state index contributed by atoms with van der Waals surface area (Å²) in [5.41, 5.74) is 0. The fraction of sp³-hybridized carbons (Fsp3) is 0.949. The Morgan fingerprint density at radius 1 is 0.477 bits per heavy atom. The Kier molecular flexibility index (Phi) is 33.9. The molecule has 0 radical (unpaired) electrons. The van der Waals surface area contributed by atoms with Crippen LogP contribution >= 0.6 is 0 Å². The normalized spacial score (nSPS) is 12.1. The largest absolute Gasteiger partial charge is 0.466 e. The summed E-state index contributed by atoms with van der Waals surface area (Å²) in [7, 11) is 2.23. The number of unbranched alkanes of at least 4 members (excludes halogenated alkanes) is 20. The van der Waals surface area contributed by atoms with E-state index in [9.17, 15) is 9.59 Å². The highest BCUT2D eigenvalue weighted by molar-refractivity contribution is 5.69. The second-order valence-corrected chi connectivity index (χ2v) is 13.5. The average molecular weight is 624 g/mol. The minimum Gasteiger partial charge on any atom is -0.466 e. The Bertz CT molecular complexity index is 611. The quantitative estimate of drug-likeness (QED) is 0.0519. The van der Waals surface area contributed by atoms with E-state index in [-0.39, 0.29) is 18.0 Å². The van der Waals surface area contributed by atoms with Crippen molar-refractivity contribution in [1.29, 1.82) is 0 Å². The molecule has 0 saturated heterocycles. The van der Waals surface area contributed by atoms with Crippen molar-refractivity contribution in [2.75, 3.05) is 26.7 Å². The van der Waals surface area contributed by atoms with Crippen LogP contribution in [0.2, 0.25) is 0 Å². The van der Waals surface area contributed by atoms with Crippen LogP contribution in [0, 0.1) is 0 Å². The second-order valence-electron chi connectivity index (χ2n) is 13.5. The molecule has 0 rings (SSSR count). The lowest BCUT2D eigenvalue weighted by Gasteiger charge is -2.18. The van der Waals surface area contributed by atoms with Crippen LogP contribution in [0.3, 0.4) is 0 Å². The average Bonchev–Trinajstić information content (AvgIpc) is 3.01. The van der Waals surface area contributed by atoms with Gasteiger partial charge in [-0.15, -0.1) is 0 Å². The zero-order valence-electron chi connectivity index (χ0n) is 30.3. The van der Waals surface area contributed by atoms with Gasteiger partial charge in [-0.25, -0.2) is 0 Å². The van der Waals surface area contributed by atoms with E-state index >= 15 is 0 Å². The summed E-state index contributed by atoms with van der Waals surface area (Å²) < 4.78 is 11.3. The molecule has 0 saturated carbocycles. The monoisotopic (exact) mass is 624 g/mol. The van der Waals surface area contributed by atoms with Gasteiger partial charge in [-0.3, -0.25) is 9.59 Å². The zero-order valence-corrected chi connectivity index (χ0v) is 30.3. The molecule has 44 heavy (non-hydrogen) atoms. The highest BCUT2D eigenvalue weighted by atomic mass is 16.5. The zero-order chi connectivity index (χ0) is 32.4. The Morgan fingerprint density at radius 2 is 0.864 bits per heavy atom. The molecule has 0 aliphatic rings. The van der Waals surface area contributed by atoms with E-state index in [1.807, 2.05) is 0 Å². The van der Waals surface area contributed by atoms with Crippen molar-refractivity contribution < 1.29 is 19.1 Å². The molecule has 0 aliphatic heterocycles. The number of esters is 2. The van der Waals surface area contributed by atoms with Crippen LogP contribution < -0.4 is 0 Å². The van der Waals surface area contributed by atoms with Gasteiger partial charge >= 0.3 is 11.9 Å². The predicted octanol–water partition coefficient (Wildman–Crippen LogP) is 11.7. The summed E-state index contributed by atoms with van der Waals surface area (Å²) >= 11 is 0. The molecule has 1 atom stereocenters. The first-order valence-electron chi connectivity index (χ1n) is 19.6. The molecule has 0 spiro atoms. The van der Waals surface area contributed by atoms with Crippen LogP contribution in [0.1, 0.15) is 207 Å². The van der Waals surface area contributed by atoms with Crippen LogP contribution in [-0.4, -0.2) is 49.7 Å². The second kappa shape index (κ2) is 34.8. The topological polar surface area (TPSA) is 55.8 Å².